The first kappa shape index (κ1) is 9.12. The zero-order valence-corrected chi connectivity index (χ0v) is 7.18. The van der Waals surface area contributed by atoms with Crippen molar-refractivity contribution >= 4 is 9.84 Å². The molecule has 0 bridgehead atoms. The molecule has 0 aliphatic carbocycles. The summed E-state index contributed by atoms with van der Waals surface area (Å²) in [5.41, 5.74) is -1.34. The topological polar surface area (TPSA) is 47.0 Å². The Morgan fingerprint density at radius 3 is 2.58 bits per heavy atom. The van der Waals surface area contributed by atoms with E-state index in [9.17, 15) is 12.8 Å². The van der Waals surface area contributed by atoms with E-state index in [1.54, 1.807) is 6.07 Å². The van der Waals surface area contributed by atoms with Crippen molar-refractivity contribution in [2.45, 2.75) is 0 Å². The molecule has 1 rings (SSSR count). The van der Waals surface area contributed by atoms with Gasteiger partial charge in [-0.2, -0.15) is 0 Å². The van der Waals surface area contributed by atoms with Crippen LogP contribution in [-0.2, 0) is 9.84 Å². The van der Waals surface area contributed by atoms with E-state index in [2.05, 4.69) is 4.98 Å². The average molecular weight is 188 g/mol. The van der Waals surface area contributed by atoms with Crippen LogP contribution in [0.2, 0.25) is 0 Å². The lowest BCUT2D eigenvalue weighted by molar-refractivity contribution is 0.544. The number of aromatic nitrogens is 1. The third-order valence-corrected chi connectivity index (χ3v) is 2.05. The average Bonchev–Trinajstić information content (AvgIpc) is 2.03. The lowest BCUT2D eigenvalue weighted by Gasteiger charge is -2.01. The number of hydrogen-bond donors (Lipinski definition) is 0. The Hall–Kier alpha value is -0.970. The predicted molar refractivity (Wildman–Crippen MR) is 42.5 cm³/mol. The highest BCUT2D eigenvalue weighted by Gasteiger charge is 2.24. The van der Waals surface area contributed by atoms with Crippen LogP contribution in [0.25, 0.3) is 0 Å². The highest BCUT2D eigenvalue weighted by atomic mass is 32.2. The van der Waals surface area contributed by atoms with Crippen LogP contribution in [0.1, 0.15) is 5.69 Å². The maximum absolute atomic E-state index is 12.9. The van der Waals surface area contributed by atoms with Gasteiger partial charge in [-0.05, 0) is 12.1 Å². The van der Waals surface area contributed by atoms with Gasteiger partial charge in [0, 0.05) is 12.5 Å². The summed E-state index contributed by atoms with van der Waals surface area (Å²) in [6.07, 6.45) is 2.14. The van der Waals surface area contributed by atoms with Gasteiger partial charge in [-0.15, -0.1) is 0 Å². The summed E-state index contributed by atoms with van der Waals surface area (Å²) in [4.78, 5) is 3.55. The summed E-state index contributed by atoms with van der Waals surface area (Å²) in [5.74, 6) is 0. The summed E-state index contributed by atoms with van der Waals surface area (Å²) in [6, 6.07) is 4.41. The Bertz CT molecular complexity index is 349. The molecule has 0 aliphatic rings. The van der Waals surface area contributed by atoms with Crippen LogP contribution in [0.15, 0.2) is 24.4 Å². The molecule has 0 N–H and O–H groups in total. The molecule has 0 spiro atoms. The Kier molecular flexibility index (Phi) is 2.42. The molecule has 3 nitrogen and oxygen atoms in total. The zero-order valence-electron chi connectivity index (χ0n) is 6.36. The molecule has 1 radical (unpaired) electrons. The Morgan fingerprint density at radius 2 is 2.17 bits per heavy atom. The van der Waals surface area contributed by atoms with Crippen molar-refractivity contribution in [1.82, 2.24) is 4.98 Å². The highest BCUT2D eigenvalue weighted by Crippen LogP contribution is 2.18. The van der Waals surface area contributed by atoms with Gasteiger partial charge in [0.05, 0.1) is 5.69 Å². The van der Waals surface area contributed by atoms with Gasteiger partial charge >= 0.3 is 5.50 Å². The van der Waals surface area contributed by atoms with Gasteiger partial charge in [-0.1, -0.05) is 6.07 Å². The van der Waals surface area contributed by atoms with Gasteiger partial charge in [-0.25, -0.2) is 12.8 Å². The Morgan fingerprint density at radius 1 is 1.50 bits per heavy atom. The van der Waals surface area contributed by atoms with Gasteiger partial charge in [0.15, 0.2) is 9.84 Å². The Balaban J connectivity index is 3.02. The van der Waals surface area contributed by atoms with Crippen molar-refractivity contribution in [3.05, 3.63) is 35.6 Å². The van der Waals surface area contributed by atoms with E-state index >= 15 is 0 Å². The molecule has 0 fully saturated rings. The van der Waals surface area contributed by atoms with Crippen LogP contribution in [0.3, 0.4) is 0 Å². The van der Waals surface area contributed by atoms with Gasteiger partial charge in [0.1, 0.15) is 0 Å². The second-order valence-electron chi connectivity index (χ2n) is 2.26. The van der Waals surface area contributed by atoms with E-state index in [4.69, 9.17) is 0 Å². The molecule has 0 aromatic carbocycles. The standard InChI is InChI=1S/C7H7FNO2S/c1-12(10,11)7(8)6-4-2-3-5-9-6/h2-5H,1H3. The second kappa shape index (κ2) is 3.18. The maximum Gasteiger partial charge on any atom is 0.305 e. The molecule has 1 aromatic rings. The number of rotatable bonds is 2. The summed E-state index contributed by atoms with van der Waals surface area (Å²) in [6.45, 7) is 0. The van der Waals surface area contributed by atoms with Crippen molar-refractivity contribution < 1.29 is 12.8 Å². The number of sulfone groups is 1. The summed E-state index contributed by atoms with van der Waals surface area (Å²) in [7, 11) is -3.77. The smallest absolute Gasteiger partial charge is 0.257 e. The molecule has 0 atom stereocenters. The first-order chi connectivity index (χ1) is 5.52. The molecule has 0 aliphatic heterocycles. The molecule has 0 saturated carbocycles. The van der Waals surface area contributed by atoms with E-state index in [1.165, 1.54) is 18.3 Å². The fraction of sp³-hybridized carbons (Fsp3) is 0.143. The number of halogens is 1. The van der Waals surface area contributed by atoms with Crippen molar-refractivity contribution in [1.29, 1.82) is 0 Å². The SMILES string of the molecule is CS(=O)(=O)[C](F)c1ccccn1. The number of hydrogen-bond acceptors (Lipinski definition) is 3. The predicted octanol–water partition coefficient (Wildman–Crippen LogP) is 0.933. The van der Waals surface area contributed by atoms with Gasteiger partial charge in [0.25, 0.3) is 0 Å². The fourth-order valence-electron chi connectivity index (χ4n) is 0.669. The molecule has 0 saturated heterocycles. The summed E-state index contributed by atoms with van der Waals surface area (Å²) in [5, 5.41) is 0. The minimum atomic E-state index is -3.77. The summed E-state index contributed by atoms with van der Waals surface area (Å²) < 4.78 is 34.3. The largest absolute Gasteiger partial charge is 0.305 e. The van der Waals surface area contributed by atoms with Crippen molar-refractivity contribution in [3.63, 3.8) is 0 Å². The summed E-state index contributed by atoms with van der Waals surface area (Å²) >= 11 is 0. The molecular formula is C7H7FNO2S. The lowest BCUT2D eigenvalue weighted by Crippen LogP contribution is -2.08. The van der Waals surface area contributed by atoms with Crippen LogP contribution in [0.5, 0.6) is 0 Å². The minimum Gasteiger partial charge on any atom is -0.257 e. The highest BCUT2D eigenvalue weighted by molar-refractivity contribution is 7.93. The lowest BCUT2D eigenvalue weighted by atomic mass is 10.4. The van der Waals surface area contributed by atoms with Crippen LogP contribution in [0, 0.1) is 5.50 Å². The molecule has 1 heterocycles. The molecule has 5 heteroatoms. The molecule has 1 aromatic heterocycles. The molecule has 12 heavy (non-hydrogen) atoms. The Labute approximate surface area is 70.2 Å². The zero-order chi connectivity index (χ0) is 9.19. The number of nitrogens with zero attached hydrogens (tertiary/aromatic N) is 1. The first-order valence-corrected chi connectivity index (χ1v) is 5.05. The van der Waals surface area contributed by atoms with E-state index < -0.39 is 15.3 Å². The van der Waals surface area contributed by atoms with Gasteiger partial charge in [0.2, 0.25) is 0 Å². The van der Waals surface area contributed by atoms with Crippen LogP contribution >= 0.6 is 0 Å². The minimum absolute atomic E-state index is 0.153. The van der Waals surface area contributed by atoms with E-state index in [-0.39, 0.29) is 5.69 Å². The first-order valence-electron chi connectivity index (χ1n) is 3.16. The molecule has 65 valence electrons. The van der Waals surface area contributed by atoms with Crippen molar-refractivity contribution in [2.24, 2.45) is 0 Å². The van der Waals surface area contributed by atoms with Crippen LogP contribution < -0.4 is 0 Å². The molecular weight excluding hydrogens is 181 g/mol. The van der Waals surface area contributed by atoms with Gasteiger partial charge < -0.3 is 0 Å². The van der Waals surface area contributed by atoms with Gasteiger partial charge in [-0.3, -0.25) is 4.98 Å². The van der Waals surface area contributed by atoms with Crippen molar-refractivity contribution in [2.75, 3.05) is 6.26 Å². The third-order valence-electron chi connectivity index (χ3n) is 1.19. The maximum atomic E-state index is 12.9. The second-order valence-corrected chi connectivity index (χ2v) is 4.16. The third kappa shape index (κ3) is 2.01. The van der Waals surface area contributed by atoms with E-state index in [1.807, 2.05) is 0 Å². The molecule has 0 unspecified atom stereocenters. The molecule has 0 amide bonds. The fourth-order valence-corrected chi connectivity index (χ4v) is 1.17. The van der Waals surface area contributed by atoms with Crippen molar-refractivity contribution in [3.8, 4) is 0 Å². The quantitative estimate of drug-likeness (QED) is 0.693. The monoisotopic (exact) mass is 188 g/mol. The van der Waals surface area contributed by atoms with E-state index in [0.717, 1.165) is 6.26 Å². The normalized spacial score (nSPS) is 11.9. The van der Waals surface area contributed by atoms with E-state index in [0.29, 0.717) is 0 Å². The number of pyridine rings is 1. The van der Waals surface area contributed by atoms with Crippen LogP contribution in [-0.4, -0.2) is 19.7 Å². The van der Waals surface area contributed by atoms with Crippen LogP contribution in [0.4, 0.5) is 4.39 Å².